The third kappa shape index (κ3) is 2.94. The number of hydrogen-bond acceptors (Lipinski definition) is 2. The molecule has 0 aliphatic carbocycles. The average molecular weight is 314 g/mol. The Balaban J connectivity index is 2.17. The first kappa shape index (κ1) is 12.7. The van der Waals surface area contributed by atoms with Gasteiger partial charge in [-0.25, -0.2) is 4.39 Å². The van der Waals surface area contributed by atoms with Crippen LogP contribution in [0.4, 0.5) is 4.39 Å². The number of benzene rings is 1. The van der Waals surface area contributed by atoms with Gasteiger partial charge in [0.25, 0.3) is 0 Å². The normalized spacial score (nSPS) is 12.7. The van der Waals surface area contributed by atoms with Crippen molar-refractivity contribution in [3.63, 3.8) is 0 Å². The van der Waals surface area contributed by atoms with Crippen LogP contribution < -0.4 is 5.73 Å². The first-order chi connectivity index (χ1) is 8.08. The molecule has 1 nitrogen and oxygen atoms in total. The predicted octanol–water partition coefficient (Wildman–Crippen LogP) is 4.20. The average Bonchev–Trinajstić information content (AvgIpc) is 2.68. The molecule has 90 valence electrons. The summed E-state index contributed by atoms with van der Waals surface area (Å²) in [4.78, 5) is 1.22. The minimum Gasteiger partial charge on any atom is -0.324 e. The van der Waals surface area contributed by atoms with E-state index < -0.39 is 0 Å². The van der Waals surface area contributed by atoms with Gasteiger partial charge in [0.1, 0.15) is 5.82 Å². The van der Waals surface area contributed by atoms with Crippen molar-refractivity contribution in [3.05, 3.63) is 55.9 Å². The fourth-order valence-corrected chi connectivity index (χ4v) is 3.26. The Bertz CT molecular complexity index is 524. The zero-order valence-electron chi connectivity index (χ0n) is 9.41. The van der Waals surface area contributed by atoms with Gasteiger partial charge in [-0.05, 0) is 51.5 Å². The number of nitrogens with two attached hydrogens (primary N) is 1. The zero-order chi connectivity index (χ0) is 12.4. The zero-order valence-corrected chi connectivity index (χ0v) is 11.8. The highest BCUT2D eigenvalue weighted by Crippen LogP contribution is 2.27. The summed E-state index contributed by atoms with van der Waals surface area (Å²) >= 11 is 5.17. The first-order valence-electron chi connectivity index (χ1n) is 5.31. The Labute approximate surface area is 113 Å². The van der Waals surface area contributed by atoms with Gasteiger partial charge in [0.05, 0.1) is 0 Å². The van der Waals surface area contributed by atoms with Gasteiger partial charge in [-0.3, -0.25) is 0 Å². The van der Waals surface area contributed by atoms with Crippen molar-refractivity contribution < 1.29 is 4.39 Å². The smallest absolute Gasteiger partial charge is 0.126 e. The summed E-state index contributed by atoms with van der Waals surface area (Å²) in [6.45, 7) is 1.76. The largest absolute Gasteiger partial charge is 0.324 e. The molecule has 0 amide bonds. The van der Waals surface area contributed by atoms with Crippen molar-refractivity contribution in [1.29, 1.82) is 0 Å². The van der Waals surface area contributed by atoms with Crippen molar-refractivity contribution in [2.75, 3.05) is 0 Å². The molecule has 0 fully saturated rings. The molecule has 0 bridgehead atoms. The highest BCUT2D eigenvalue weighted by Gasteiger charge is 2.11. The van der Waals surface area contributed by atoms with Gasteiger partial charge in [0, 0.05) is 21.8 Å². The molecular formula is C13H13BrFNS. The quantitative estimate of drug-likeness (QED) is 0.903. The van der Waals surface area contributed by atoms with Gasteiger partial charge in [0.15, 0.2) is 0 Å². The Kier molecular flexibility index (Phi) is 3.97. The monoisotopic (exact) mass is 313 g/mol. The summed E-state index contributed by atoms with van der Waals surface area (Å²) in [7, 11) is 0. The molecule has 2 rings (SSSR count). The molecule has 0 radical (unpaired) electrons. The van der Waals surface area contributed by atoms with Crippen molar-refractivity contribution in [2.24, 2.45) is 5.73 Å². The van der Waals surface area contributed by atoms with Gasteiger partial charge in [-0.1, -0.05) is 12.1 Å². The van der Waals surface area contributed by atoms with E-state index in [1.54, 1.807) is 24.3 Å². The van der Waals surface area contributed by atoms with Gasteiger partial charge in [0.2, 0.25) is 0 Å². The number of rotatable bonds is 3. The maximum atomic E-state index is 13.2. The molecule has 1 atom stereocenters. The van der Waals surface area contributed by atoms with Crippen molar-refractivity contribution in [1.82, 2.24) is 0 Å². The Hall–Kier alpha value is -0.710. The van der Waals surface area contributed by atoms with E-state index in [0.717, 1.165) is 16.5 Å². The maximum absolute atomic E-state index is 13.2. The highest BCUT2D eigenvalue weighted by molar-refractivity contribution is 9.10. The number of aryl methyl sites for hydroxylation is 1. The van der Waals surface area contributed by atoms with Crippen molar-refractivity contribution >= 4 is 27.3 Å². The lowest BCUT2D eigenvalue weighted by molar-refractivity contribution is 0.615. The molecule has 0 aliphatic rings. The van der Waals surface area contributed by atoms with E-state index in [4.69, 9.17) is 5.73 Å². The lowest BCUT2D eigenvalue weighted by Gasteiger charge is -2.12. The maximum Gasteiger partial charge on any atom is 0.126 e. The predicted molar refractivity (Wildman–Crippen MR) is 73.8 cm³/mol. The molecule has 17 heavy (non-hydrogen) atoms. The number of halogens is 2. The third-order valence-electron chi connectivity index (χ3n) is 2.71. The number of thiophene rings is 1. The highest BCUT2D eigenvalue weighted by atomic mass is 79.9. The van der Waals surface area contributed by atoms with Crippen LogP contribution in [-0.2, 0) is 6.42 Å². The van der Waals surface area contributed by atoms with Gasteiger partial charge >= 0.3 is 0 Å². The Morgan fingerprint density at radius 3 is 2.76 bits per heavy atom. The summed E-state index contributed by atoms with van der Waals surface area (Å²) in [6, 6.07) is 6.98. The molecule has 1 aromatic heterocycles. The van der Waals surface area contributed by atoms with Crippen LogP contribution in [0, 0.1) is 12.7 Å². The van der Waals surface area contributed by atoms with Crippen molar-refractivity contribution in [2.45, 2.75) is 19.4 Å². The molecule has 0 spiro atoms. The second-order valence-electron chi connectivity index (χ2n) is 4.01. The summed E-state index contributed by atoms with van der Waals surface area (Å²) < 4.78 is 14.3. The van der Waals surface area contributed by atoms with Crippen LogP contribution in [0.3, 0.4) is 0 Å². The lowest BCUT2D eigenvalue weighted by atomic mass is 10.0. The SMILES string of the molecule is Cc1cc(C(N)Cc2sccc2Br)ccc1F. The molecule has 1 unspecified atom stereocenters. The minimum atomic E-state index is -0.182. The summed E-state index contributed by atoms with van der Waals surface area (Å²) in [6.07, 6.45) is 0.767. The molecule has 0 saturated carbocycles. The second-order valence-corrected chi connectivity index (χ2v) is 5.87. The molecule has 1 aromatic carbocycles. The summed E-state index contributed by atoms with van der Waals surface area (Å²) in [5, 5.41) is 2.03. The topological polar surface area (TPSA) is 26.0 Å². The minimum absolute atomic E-state index is 0.0933. The molecule has 0 saturated heterocycles. The molecule has 2 N–H and O–H groups in total. The van der Waals surface area contributed by atoms with Crippen LogP contribution in [0.1, 0.15) is 22.0 Å². The van der Waals surface area contributed by atoms with E-state index in [-0.39, 0.29) is 11.9 Å². The van der Waals surface area contributed by atoms with E-state index in [1.165, 1.54) is 10.9 Å². The van der Waals surface area contributed by atoms with Crippen LogP contribution in [-0.4, -0.2) is 0 Å². The van der Waals surface area contributed by atoms with E-state index in [9.17, 15) is 4.39 Å². The molecule has 0 aliphatic heterocycles. The van der Waals surface area contributed by atoms with Crippen LogP contribution >= 0.6 is 27.3 Å². The Morgan fingerprint density at radius 1 is 1.41 bits per heavy atom. The van der Waals surface area contributed by atoms with Gasteiger partial charge in [-0.15, -0.1) is 11.3 Å². The molecule has 2 aromatic rings. The van der Waals surface area contributed by atoms with Crippen LogP contribution in [0.2, 0.25) is 0 Å². The van der Waals surface area contributed by atoms with Crippen molar-refractivity contribution in [3.8, 4) is 0 Å². The Morgan fingerprint density at radius 2 is 2.18 bits per heavy atom. The second kappa shape index (κ2) is 5.29. The number of hydrogen-bond donors (Lipinski definition) is 1. The van der Waals surface area contributed by atoms with Crippen LogP contribution in [0.15, 0.2) is 34.1 Å². The fourth-order valence-electron chi connectivity index (χ4n) is 1.69. The molecule has 1 heterocycles. The lowest BCUT2D eigenvalue weighted by Crippen LogP contribution is -2.13. The van der Waals surface area contributed by atoms with E-state index in [2.05, 4.69) is 15.9 Å². The van der Waals surface area contributed by atoms with Gasteiger partial charge in [-0.2, -0.15) is 0 Å². The van der Waals surface area contributed by atoms with Gasteiger partial charge < -0.3 is 5.73 Å². The van der Waals surface area contributed by atoms with E-state index >= 15 is 0 Å². The summed E-state index contributed by atoms with van der Waals surface area (Å²) in [5.74, 6) is -0.182. The summed E-state index contributed by atoms with van der Waals surface area (Å²) in [5.41, 5.74) is 7.76. The molecule has 4 heteroatoms. The van der Waals surface area contributed by atoms with E-state index in [0.29, 0.717) is 5.56 Å². The first-order valence-corrected chi connectivity index (χ1v) is 6.98. The van der Waals surface area contributed by atoms with E-state index in [1.807, 2.05) is 17.5 Å². The molecular weight excluding hydrogens is 301 g/mol. The van der Waals surface area contributed by atoms with Crippen LogP contribution in [0.25, 0.3) is 0 Å². The standard InChI is InChI=1S/C13H13BrFNS/c1-8-6-9(2-3-11(8)15)12(16)7-13-10(14)4-5-17-13/h2-6,12H,7,16H2,1H3. The third-order valence-corrected chi connectivity index (χ3v) is 4.66. The van der Waals surface area contributed by atoms with Crippen LogP contribution in [0.5, 0.6) is 0 Å². The fraction of sp³-hybridized carbons (Fsp3) is 0.231.